The van der Waals surface area contributed by atoms with E-state index >= 15 is 0 Å². The van der Waals surface area contributed by atoms with Gasteiger partial charge in [0.2, 0.25) is 0 Å². The monoisotopic (exact) mass is 255 g/mol. The summed E-state index contributed by atoms with van der Waals surface area (Å²) in [6.07, 6.45) is 4.64. The third-order valence-corrected chi connectivity index (χ3v) is 3.13. The molecule has 0 radical (unpaired) electrons. The van der Waals surface area contributed by atoms with Gasteiger partial charge in [-0.05, 0) is 32.4 Å². The van der Waals surface area contributed by atoms with Crippen LogP contribution in [0.4, 0.5) is 0 Å². The molecule has 0 saturated carbocycles. The summed E-state index contributed by atoms with van der Waals surface area (Å²) in [5.41, 5.74) is 4.58. The lowest BCUT2D eigenvalue weighted by Crippen LogP contribution is -2.24. The zero-order chi connectivity index (χ0) is 13.7. The van der Waals surface area contributed by atoms with Gasteiger partial charge in [0.25, 0.3) is 0 Å². The van der Waals surface area contributed by atoms with E-state index in [1.165, 1.54) is 11.1 Å². The molecule has 1 atom stereocenters. The number of hydrogen-bond acceptors (Lipinski definition) is 3. The van der Waals surface area contributed by atoms with E-state index in [1.54, 1.807) is 0 Å². The standard InChI is InChI=1S/C16H21N3/c1-4-17-15(16-11-18-13(3)10-19-16)9-14-7-5-6-12(2)8-14/h5-8,10-11,15,17H,4,9H2,1-3H3. The fraction of sp³-hybridized carbons (Fsp3) is 0.375. The zero-order valence-corrected chi connectivity index (χ0v) is 11.9. The molecule has 1 aromatic carbocycles. The first-order chi connectivity index (χ1) is 9.19. The fourth-order valence-electron chi connectivity index (χ4n) is 2.19. The van der Waals surface area contributed by atoms with Crippen molar-refractivity contribution >= 4 is 0 Å². The van der Waals surface area contributed by atoms with E-state index in [0.29, 0.717) is 0 Å². The average molecular weight is 255 g/mol. The van der Waals surface area contributed by atoms with Gasteiger partial charge in [-0.25, -0.2) is 0 Å². The van der Waals surface area contributed by atoms with Gasteiger partial charge in [-0.15, -0.1) is 0 Å². The fourth-order valence-corrected chi connectivity index (χ4v) is 2.19. The summed E-state index contributed by atoms with van der Waals surface area (Å²) in [5.74, 6) is 0. The molecule has 0 saturated heterocycles. The third-order valence-electron chi connectivity index (χ3n) is 3.13. The number of hydrogen-bond donors (Lipinski definition) is 1. The minimum atomic E-state index is 0.222. The molecule has 100 valence electrons. The largest absolute Gasteiger partial charge is 0.309 e. The van der Waals surface area contributed by atoms with Gasteiger partial charge in [0.05, 0.1) is 23.6 Å². The van der Waals surface area contributed by atoms with Crippen molar-refractivity contribution in [1.82, 2.24) is 15.3 Å². The van der Waals surface area contributed by atoms with E-state index < -0.39 is 0 Å². The van der Waals surface area contributed by atoms with Crippen LogP contribution in [0.5, 0.6) is 0 Å². The maximum Gasteiger partial charge on any atom is 0.0759 e. The number of aromatic nitrogens is 2. The van der Waals surface area contributed by atoms with E-state index in [1.807, 2.05) is 19.3 Å². The normalized spacial score (nSPS) is 12.4. The summed E-state index contributed by atoms with van der Waals surface area (Å²) in [6.45, 7) is 7.12. The molecule has 1 N–H and O–H groups in total. The van der Waals surface area contributed by atoms with E-state index in [9.17, 15) is 0 Å². The highest BCUT2D eigenvalue weighted by Gasteiger charge is 2.12. The highest BCUT2D eigenvalue weighted by Crippen LogP contribution is 2.17. The van der Waals surface area contributed by atoms with Crippen LogP contribution in [-0.4, -0.2) is 16.5 Å². The van der Waals surface area contributed by atoms with Crippen LogP contribution in [0.3, 0.4) is 0 Å². The SMILES string of the molecule is CCNC(Cc1cccc(C)c1)c1cnc(C)cn1. The average Bonchev–Trinajstić information content (AvgIpc) is 2.39. The lowest BCUT2D eigenvalue weighted by atomic mass is 10.0. The van der Waals surface area contributed by atoms with Gasteiger partial charge < -0.3 is 5.32 Å². The van der Waals surface area contributed by atoms with Gasteiger partial charge in [-0.2, -0.15) is 0 Å². The Morgan fingerprint density at radius 1 is 1.16 bits per heavy atom. The molecule has 0 fully saturated rings. The molecule has 1 aromatic heterocycles. The van der Waals surface area contributed by atoms with Crippen LogP contribution in [0, 0.1) is 13.8 Å². The van der Waals surface area contributed by atoms with Crippen molar-refractivity contribution in [3.05, 3.63) is 59.2 Å². The second-order valence-corrected chi connectivity index (χ2v) is 4.89. The van der Waals surface area contributed by atoms with Crippen molar-refractivity contribution in [2.45, 2.75) is 33.2 Å². The summed E-state index contributed by atoms with van der Waals surface area (Å²) in [5, 5.41) is 3.48. The molecule has 0 aliphatic heterocycles. The Hall–Kier alpha value is -1.74. The molecule has 3 heteroatoms. The molecule has 0 aliphatic carbocycles. The van der Waals surface area contributed by atoms with E-state index in [2.05, 4.69) is 53.4 Å². The smallest absolute Gasteiger partial charge is 0.0759 e. The Morgan fingerprint density at radius 3 is 2.63 bits per heavy atom. The van der Waals surface area contributed by atoms with Crippen LogP contribution in [-0.2, 0) is 6.42 Å². The summed E-state index contributed by atoms with van der Waals surface area (Å²) in [6, 6.07) is 8.84. The lowest BCUT2D eigenvalue weighted by Gasteiger charge is -2.17. The Labute approximate surface area is 115 Å². The number of benzene rings is 1. The van der Waals surface area contributed by atoms with Crippen molar-refractivity contribution in [3.8, 4) is 0 Å². The summed E-state index contributed by atoms with van der Waals surface area (Å²) < 4.78 is 0. The maximum atomic E-state index is 4.49. The number of likely N-dealkylation sites (N-methyl/N-ethyl adjacent to an activating group) is 1. The Kier molecular flexibility index (Phi) is 4.63. The molecule has 0 spiro atoms. The predicted molar refractivity (Wildman–Crippen MR) is 78.1 cm³/mol. The molecule has 2 rings (SSSR count). The van der Waals surface area contributed by atoms with Crippen LogP contribution >= 0.6 is 0 Å². The molecule has 3 nitrogen and oxygen atoms in total. The number of nitrogens with one attached hydrogen (secondary N) is 1. The van der Waals surface area contributed by atoms with Crippen LogP contribution < -0.4 is 5.32 Å². The zero-order valence-electron chi connectivity index (χ0n) is 11.9. The van der Waals surface area contributed by atoms with Crippen LogP contribution in [0.2, 0.25) is 0 Å². The van der Waals surface area contributed by atoms with Gasteiger partial charge in [0.1, 0.15) is 0 Å². The maximum absolute atomic E-state index is 4.49. The molecule has 19 heavy (non-hydrogen) atoms. The minimum Gasteiger partial charge on any atom is -0.309 e. The first-order valence-electron chi connectivity index (χ1n) is 6.76. The number of rotatable bonds is 5. The summed E-state index contributed by atoms with van der Waals surface area (Å²) in [7, 11) is 0. The first-order valence-corrected chi connectivity index (χ1v) is 6.76. The summed E-state index contributed by atoms with van der Waals surface area (Å²) >= 11 is 0. The molecule has 1 heterocycles. The van der Waals surface area contributed by atoms with Crippen molar-refractivity contribution < 1.29 is 0 Å². The molecule has 1 unspecified atom stereocenters. The van der Waals surface area contributed by atoms with E-state index in [-0.39, 0.29) is 6.04 Å². The molecule has 2 aromatic rings. The number of nitrogens with zero attached hydrogens (tertiary/aromatic N) is 2. The van der Waals surface area contributed by atoms with E-state index in [0.717, 1.165) is 24.4 Å². The second kappa shape index (κ2) is 6.43. The Bertz CT molecular complexity index is 520. The second-order valence-electron chi connectivity index (χ2n) is 4.89. The lowest BCUT2D eigenvalue weighted by molar-refractivity contribution is 0.534. The Balaban J connectivity index is 2.18. The molecule has 0 aliphatic rings. The van der Waals surface area contributed by atoms with Crippen LogP contribution in [0.25, 0.3) is 0 Å². The van der Waals surface area contributed by atoms with Crippen molar-refractivity contribution in [2.24, 2.45) is 0 Å². The highest BCUT2D eigenvalue weighted by atomic mass is 14.9. The predicted octanol–water partition coefficient (Wildman–Crippen LogP) is 2.99. The number of aryl methyl sites for hydroxylation is 2. The van der Waals surface area contributed by atoms with Gasteiger partial charge >= 0.3 is 0 Å². The van der Waals surface area contributed by atoms with Gasteiger partial charge in [-0.3, -0.25) is 9.97 Å². The third kappa shape index (κ3) is 3.86. The van der Waals surface area contributed by atoms with Crippen molar-refractivity contribution in [1.29, 1.82) is 0 Å². The van der Waals surface area contributed by atoms with Gasteiger partial charge in [0, 0.05) is 6.20 Å². The quantitative estimate of drug-likeness (QED) is 0.892. The molecule has 0 bridgehead atoms. The summed E-state index contributed by atoms with van der Waals surface area (Å²) in [4.78, 5) is 8.83. The topological polar surface area (TPSA) is 37.8 Å². The first kappa shape index (κ1) is 13.7. The molecular weight excluding hydrogens is 234 g/mol. The minimum absolute atomic E-state index is 0.222. The van der Waals surface area contributed by atoms with Gasteiger partial charge in [0.15, 0.2) is 0 Å². The van der Waals surface area contributed by atoms with Crippen molar-refractivity contribution in [2.75, 3.05) is 6.54 Å². The molecular formula is C16H21N3. The Morgan fingerprint density at radius 2 is 2.00 bits per heavy atom. The van der Waals surface area contributed by atoms with Gasteiger partial charge in [-0.1, -0.05) is 36.8 Å². The van der Waals surface area contributed by atoms with Crippen molar-refractivity contribution in [3.63, 3.8) is 0 Å². The van der Waals surface area contributed by atoms with Crippen LogP contribution in [0.15, 0.2) is 36.7 Å². The van der Waals surface area contributed by atoms with Crippen LogP contribution in [0.1, 0.15) is 35.5 Å². The molecule has 0 amide bonds. The highest BCUT2D eigenvalue weighted by molar-refractivity contribution is 5.24. The van der Waals surface area contributed by atoms with E-state index in [4.69, 9.17) is 0 Å².